The van der Waals surface area contributed by atoms with Gasteiger partial charge in [-0.2, -0.15) is 0 Å². The van der Waals surface area contributed by atoms with Gasteiger partial charge in [-0.05, 0) is 44.1 Å². The third kappa shape index (κ3) is 6.60. The zero-order chi connectivity index (χ0) is 18.3. The second kappa shape index (κ2) is 9.12. The SMILES string of the molecule is Cc1ccc(S(=O)(=O)NCCC(=O)NNC(=S)NC2CCCC2)cc1. The minimum absolute atomic E-state index is 0.00410. The minimum atomic E-state index is -3.61. The maximum absolute atomic E-state index is 12.1. The molecule has 0 atom stereocenters. The van der Waals surface area contributed by atoms with E-state index in [2.05, 4.69) is 20.9 Å². The van der Waals surface area contributed by atoms with Crippen molar-refractivity contribution in [2.75, 3.05) is 6.54 Å². The Kier molecular flexibility index (Phi) is 7.15. The zero-order valence-electron chi connectivity index (χ0n) is 14.2. The van der Waals surface area contributed by atoms with Crippen molar-refractivity contribution in [1.82, 2.24) is 20.9 Å². The normalized spacial score (nSPS) is 14.9. The Balaban J connectivity index is 1.67. The summed E-state index contributed by atoms with van der Waals surface area (Å²) in [5, 5.41) is 3.51. The van der Waals surface area contributed by atoms with E-state index >= 15 is 0 Å². The van der Waals surface area contributed by atoms with Crippen molar-refractivity contribution in [2.24, 2.45) is 0 Å². The predicted octanol–water partition coefficient (Wildman–Crippen LogP) is 1.10. The number of hydrogen-bond acceptors (Lipinski definition) is 4. The number of sulfonamides is 1. The minimum Gasteiger partial charge on any atom is -0.359 e. The zero-order valence-corrected chi connectivity index (χ0v) is 15.8. The molecule has 0 radical (unpaired) electrons. The van der Waals surface area contributed by atoms with E-state index in [1.54, 1.807) is 12.1 Å². The molecule has 1 aromatic rings. The first kappa shape index (κ1) is 19.6. The fourth-order valence-electron chi connectivity index (χ4n) is 2.58. The molecule has 1 aliphatic rings. The van der Waals surface area contributed by atoms with Gasteiger partial charge in [-0.15, -0.1) is 0 Å². The summed E-state index contributed by atoms with van der Waals surface area (Å²) in [5.74, 6) is -0.345. The number of nitrogens with one attached hydrogen (secondary N) is 4. The molecule has 1 fully saturated rings. The van der Waals surface area contributed by atoms with Gasteiger partial charge >= 0.3 is 0 Å². The number of aryl methyl sites for hydroxylation is 1. The summed E-state index contributed by atoms with van der Waals surface area (Å²) in [6.45, 7) is 1.89. The van der Waals surface area contributed by atoms with Gasteiger partial charge in [0.25, 0.3) is 0 Å². The number of hydrazine groups is 1. The smallest absolute Gasteiger partial charge is 0.240 e. The molecular weight excluding hydrogens is 360 g/mol. The first-order chi connectivity index (χ1) is 11.9. The summed E-state index contributed by atoms with van der Waals surface area (Å²) >= 11 is 5.11. The Labute approximate surface area is 154 Å². The summed E-state index contributed by atoms with van der Waals surface area (Å²) in [5.41, 5.74) is 6.08. The molecule has 2 rings (SSSR count). The third-order valence-electron chi connectivity index (χ3n) is 3.98. The van der Waals surface area contributed by atoms with Crippen LogP contribution in [-0.2, 0) is 14.8 Å². The van der Waals surface area contributed by atoms with E-state index in [1.807, 2.05) is 6.92 Å². The van der Waals surface area contributed by atoms with E-state index in [9.17, 15) is 13.2 Å². The number of amides is 1. The van der Waals surface area contributed by atoms with Crippen LogP contribution in [0.25, 0.3) is 0 Å². The van der Waals surface area contributed by atoms with Gasteiger partial charge in [-0.1, -0.05) is 30.5 Å². The highest BCUT2D eigenvalue weighted by molar-refractivity contribution is 7.89. The average molecular weight is 385 g/mol. The van der Waals surface area contributed by atoms with Gasteiger partial charge in [0, 0.05) is 19.0 Å². The van der Waals surface area contributed by atoms with E-state index in [4.69, 9.17) is 12.2 Å². The molecule has 0 unspecified atom stereocenters. The maximum atomic E-state index is 12.1. The van der Waals surface area contributed by atoms with Crippen LogP contribution in [0.5, 0.6) is 0 Å². The lowest BCUT2D eigenvalue weighted by atomic mass is 10.2. The molecule has 1 saturated carbocycles. The highest BCUT2D eigenvalue weighted by Gasteiger charge is 2.16. The van der Waals surface area contributed by atoms with Crippen molar-refractivity contribution in [3.63, 3.8) is 0 Å². The maximum Gasteiger partial charge on any atom is 0.240 e. The van der Waals surface area contributed by atoms with E-state index in [1.165, 1.54) is 25.0 Å². The van der Waals surface area contributed by atoms with Crippen molar-refractivity contribution in [3.8, 4) is 0 Å². The van der Waals surface area contributed by atoms with Gasteiger partial charge < -0.3 is 5.32 Å². The Bertz CT molecular complexity index is 699. The molecule has 138 valence electrons. The third-order valence-corrected chi connectivity index (χ3v) is 5.68. The molecule has 1 amide bonds. The fraction of sp³-hybridized carbons (Fsp3) is 0.500. The molecular formula is C16H24N4O3S2. The van der Waals surface area contributed by atoms with Crippen LogP contribution in [0.3, 0.4) is 0 Å². The lowest BCUT2D eigenvalue weighted by molar-refractivity contribution is -0.121. The average Bonchev–Trinajstić information content (AvgIpc) is 3.06. The number of carbonyl (C=O) groups excluding carboxylic acids is 1. The molecule has 7 nitrogen and oxygen atoms in total. The highest BCUT2D eigenvalue weighted by Crippen LogP contribution is 2.17. The van der Waals surface area contributed by atoms with Gasteiger partial charge in [-0.25, -0.2) is 13.1 Å². The molecule has 0 saturated heterocycles. The van der Waals surface area contributed by atoms with Crippen molar-refractivity contribution < 1.29 is 13.2 Å². The topological polar surface area (TPSA) is 99.3 Å². The van der Waals surface area contributed by atoms with Crippen LogP contribution in [-0.4, -0.2) is 32.0 Å². The fourth-order valence-corrected chi connectivity index (χ4v) is 3.83. The van der Waals surface area contributed by atoms with Crippen LogP contribution >= 0.6 is 12.2 Å². The second-order valence-corrected chi connectivity index (χ2v) is 8.26. The van der Waals surface area contributed by atoms with E-state index in [-0.39, 0.29) is 23.8 Å². The molecule has 0 bridgehead atoms. The molecule has 9 heteroatoms. The molecule has 0 aliphatic heterocycles. The molecule has 4 N–H and O–H groups in total. The van der Waals surface area contributed by atoms with E-state index < -0.39 is 10.0 Å². The number of carbonyl (C=O) groups is 1. The molecule has 0 spiro atoms. The van der Waals surface area contributed by atoms with Crippen LogP contribution in [0.2, 0.25) is 0 Å². The van der Waals surface area contributed by atoms with Crippen LogP contribution in [0, 0.1) is 6.92 Å². The van der Waals surface area contributed by atoms with Crippen LogP contribution in [0.1, 0.15) is 37.7 Å². The second-order valence-electron chi connectivity index (χ2n) is 6.09. The lowest BCUT2D eigenvalue weighted by Gasteiger charge is -2.16. The Morgan fingerprint density at radius 3 is 2.44 bits per heavy atom. The summed E-state index contributed by atoms with van der Waals surface area (Å²) < 4.78 is 26.6. The van der Waals surface area contributed by atoms with Gasteiger partial charge in [0.15, 0.2) is 5.11 Å². The molecule has 0 heterocycles. The quantitative estimate of drug-likeness (QED) is 0.433. The lowest BCUT2D eigenvalue weighted by Crippen LogP contribution is -2.49. The largest absolute Gasteiger partial charge is 0.359 e. The van der Waals surface area contributed by atoms with Gasteiger partial charge in [0.2, 0.25) is 15.9 Å². The van der Waals surface area contributed by atoms with Gasteiger partial charge in [0.1, 0.15) is 0 Å². The first-order valence-electron chi connectivity index (χ1n) is 8.28. The van der Waals surface area contributed by atoms with Crippen molar-refractivity contribution in [1.29, 1.82) is 0 Å². The predicted molar refractivity (Wildman–Crippen MR) is 100 cm³/mol. The summed E-state index contributed by atoms with van der Waals surface area (Å²) in [6, 6.07) is 6.88. The first-order valence-corrected chi connectivity index (χ1v) is 10.2. The van der Waals surface area contributed by atoms with Crippen LogP contribution in [0.15, 0.2) is 29.2 Å². The van der Waals surface area contributed by atoms with Gasteiger partial charge in [0.05, 0.1) is 4.90 Å². The van der Waals surface area contributed by atoms with Crippen molar-refractivity contribution >= 4 is 33.3 Å². The Hall–Kier alpha value is -1.71. The molecule has 0 aromatic heterocycles. The number of hydrogen-bond donors (Lipinski definition) is 4. The van der Waals surface area contributed by atoms with Crippen molar-refractivity contribution in [2.45, 2.75) is 50.0 Å². The van der Waals surface area contributed by atoms with E-state index in [0.717, 1.165) is 18.4 Å². The van der Waals surface area contributed by atoms with E-state index in [0.29, 0.717) is 11.2 Å². The van der Waals surface area contributed by atoms with Crippen LogP contribution in [0.4, 0.5) is 0 Å². The number of benzene rings is 1. The monoisotopic (exact) mass is 384 g/mol. The summed E-state index contributed by atoms with van der Waals surface area (Å²) in [4.78, 5) is 11.9. The molecule has 25 heavy (non-hydrogen) atoms. The number of rotatable bonds is 6. The molecule has 1 aromatic carbocycles. The molecule has 1 aliphatic carbocycles. The Morgan fingerprint density at radius 2 is 1.80 bits per heavy atom. The highest BCUT2D eigenvalue weighted by atomic mass is 32.2. The Morgan fingerprint density at radius 1 is 1.16 bits per heavy atom. The van der Waals surface area contributed by atoms with Crippen molar-refractivity contribution in [3.05, 3.63) is 29.8 Å². The summed E-state index contributed by atoms with van der Waals surface area (Å²) in [7, 11) is -3.61. The van der Waals surface area contributed by atoms with Gasteiger partial charge in [-0.3, -0.25) is 15.6 Å². The van der Waals surface area contributed by atoms with Crippen LogP contribution < -0.4 is 20.9 Å². The standard InChI is InChI=1S/C16H24N4O3S2/c1-12-6-8-14(9-7-12)25(22,23)17-11-10-15(21)19-20-16(24)18-13-4-2-3-5-13/h6-9,13,17H,2-5,10-11H2,1H3,(H,19,21)(H2,18,20,24). The number of thiocarbonyl (C=S) groups is 1. The summed E-state index contributed by atoms with van der Waals surface area (Å²) in [6.07, 6.45) is 4.54.